The number of rotatable bonds is 16. The number of halogens is 6. The molecule has 0 aliphatic carbocycles. The first-order valence-corrected chi connectivity index (χ1v) is 49.0. The summed E-state index contributed by atoms with van der Waals surface area (Å²) in [5.74, 6) is 0. The maximum absolute atomic E-state index is 17.5. The molecular formula is C132H98F6N6. The van der Waals surface area contributed by atoms with Crippen LogP contribution in [0.2, 0.25) is 0 Å². The minimum Gasteiger partial charge on any atom is -0.309 e. The lowest BCUT2D eigenvalue weighted by Crippen LogP contribution is -2.13. The second kappa shape index (κ2) is 34.8. The molecule has 144 heavy (non-hydrogen) atoms. The van der Waals surface area contributed by atoms with Crippen molar-refractivity contribution in [2.45, 2.75) is 94.9 Å². The van der Waals surface area contributed by atoms with Gasteiger partial charge in [-0.2, -0.15) is 26.3 Å². The van der Waals surface area contributed by atoms with E-state index in [0.717, 1.165) is 215 Å². The van der Waals surface area contributed by atoms with Gasteiger partial charge in [0, 0.05) is 65.3 Å². The lowest BCUT2D eigenvalue weighted by Gasteiger charge is -2.22. The van der Waals surface area contributed by atoms with Crippen molar-refractivity contribution in [1.29, 1.82) is 0 Å². The van der Waals surface area contributed by atoms with E-state index >= 15 is 26.3 Å². The number of para-hydroxylation sites is 2. The zero-order valence-electron chi connectivity index (χ0n) is 81.5. The van der Waals surface area contributed by atoms with E-state index in [1.165, 1.54) is 12.1 Å². The van der Waals surface area contributed by atoms with E-state index in [2.05, 4.69) is 258 Å². The van der Waals surface area contributed by atoms with Crippen LogP contribution < -0.4 is 0 Å². The Bertz CT molecular complexity index is 9350. The number of hydrogen-bond acceptors (Lipinski definition) is 2. The van der Waals surface area contributed by atoms with Crippen LogP contribution in [0.3, 0.4) is 0 Å². The molecule has 0 bridgehead atoms. The summed E-state index contributed by atoms with van der Waals surface area (Å²) in [6.45, 7) is 23.1. The number of fused-ring (bicyclic) bond motifs is 12. The average Bonchev–Trinajstić information content (AvgIpc) is 1.56. The third kappa shape index (κ3) is 15.5. The summed E-state index contributed by atoms with van der Waals surface area (Å²) in [5, 5.41) is 6.74. The first-order valence-electron chi connectivity index (χ1n) is 49.0. The van der Waals surface area contributed by atoms with Gasteiger partial charge in [-0.15, -0.1) is 0 Å². The molecule has 0 saturated heterocycles. The predicted octanol–water partition coefficient (Wildman–Crippen LogP) is 36.6. The van der Waals surface area contributed by atoms with Gasteiger partial charge < -0.3 is 18.3 Å². The van der Waals surface area contributed by atoms with E-state index in [1.54, 1.807) is 16.7 Å². The molecule has 6 heterocycles. The molecule has 0 atom stereocenters. The van der Waals surface area contributed by atoms with Crippen LogP contribution in [0.25, 0.3) is 222 Å². The number of alkyl halides is 6. The summed E-state index contributed by atoms with van der Waals surface area (Å²) in [4.78, 5) is 10.8. The largest absolute Gasteiger partial charge is 0.418 e. The molecule has 0 radical (unpaired) electrons. The van der Waals surface area contributed by atoms with E-state index in [1.807, 2.05) is 190 Å². The molecule has 6 aromatic heterocycles. The molecule has 12 heteroatoms. The van der Waals surface area contributed by atoms with Crippen LogP contribution in [0, 0.1) is 76.2 Å². The fourth-order valence-corrected chi connectivity index (χ4v) is 22.8. The molecule has 0 amide bonds. The molecule has 0 N–H and O–H groups in total. The number of benzene rings is 18. The molecule has 0 fully saturated rings. The van der Waals surface area contributed by atoms with Gasteiger partial charge in [-0.25, -0.2) is 9.97 Å². The van der Waals surface area contributed by atoms with Gasteiger partial charge in [0.2, 0.25) is 0 Å². The molecule has 0 unspecified atom stereocenters. The first kappa shape index (κ1) is 89.6. The van der Waals surface area contributed by atoms with Crippen molar-refractivity contribution in [3.05, 3.63) is 466 Å². The van der Waals surface area contributed by atoms with Crippen LogP contribution >= 0.6 is 0 Å². The maximum atomic E-state index is 17.5. The van der Waals surface area contributed by atoms with Crippen molar-refractivity contribution < 1.29 is 26.3 Å². The Balaban J connectivity index is 0.639. The molecule has 0 aliphatic rings. The van der Waals surface area contributed by atoms with Crippen molar-refractivity contribution >= 4 is 87.2 Å². The van der Waals surface area contributed by atoms with Crippen LogP contribution in [0.1, 0.15) is 83.5 Å². The van der Waals surface area contributed by atoms with Gasteiger partial charge in [-0.3, -0.25) is 0 Å². The fraction of sp³-hybridized carbons (Fsp3) is 0.106. The van der Waals surface area contributed by atoms with Crippen molar-refractivity contribution in [3.8, 4) is 135 Å². The van der Waals surface area contributed by atoms with E-state index in [4.69, 9.17) is 9.97 Å². The molecule has 0 spiro atoms. The molecule has 24 rings (SSSR count). The average molecular weight is 1880 g/mol. The molecule has 0 saturated carbocycles. The van der Waals surface area contributed by atoms with Gasteiger partial charge in [-0.1, -0.05) is 283 Å². The number of pyridine rings is 2. The van der Waals surface area contributed by atoms with E-state index in [-0.39, 0.29) is 11.4 Å². The van der Waals surface area contributed by atoms with Gasteiger partial charge >= 0.3 is 12.4 Å². The number of aromatic nitrogens is 6. The zero-order valence-corrected chi connectivity index (χ0v) is 81.5. The van der Waals surface area contributed by atoms with Gasteiger partial charge in [0.15, 0.2) is 0 Å². The van der Waals surface area contributed by atoms with Crippen LogP contribution in [-0.2, 0) is 18.8 Å². The molecule has 6 nitrogen and oxygen atoms in total. The third-order valence-corrected chi connectivity index (χ3v) is 29.6. The second-order valence-corrected chi connectivity index (χ2v) is 39.3. The predicted molar refractivity (Wildman–Crippen MR) is 585 cm³/mol. The molecule has 698 valence electrons. The summed E-state index contributed by atoms with van der Waals surface area (Å²) >= 11 is 0. The minimum absolute atomic E-state index is 0.0413. The van der Waals surface area contributed by atoms with Crippen molar-refractivity contribution in [2.75, 3.05) is 0 Å². The van der Waals surface area contributed by atoms with Crippen LogP contribution in [-0.4, -0.2) is 28.2 Å². The normalized spacial score (nSPS) is 12.1. The van der Waals surface area contributed by atoms with Crippen LogP contribution in [0.4, 0.5) is 26.3 Å². The van der Waals surface area contributed by atoms with Gasteiger partial charge in [-0.05, 0) is 321 Å². The second-order valence-electron chi connectivity index (χ2n) is 39.3. The van der Waals surface area contributed by atoms with Crippen LogP contribution in [0.5, 0.6) is 0 Å². The van der Waals surface area contributed by atoms with E-state index in [0.29, 0.717) is 73.8 Å². The monoisotopic (exact) mass is 1880 g/mol. The highest BCUT2D eigenvalue weighted by Gasteiger charge is 2.40. The van der Waals surface area contributed by atoms with Crippen LogP contribution in [0.15, 0.2) is 382 Å². The molecule has 18 aromatic carbocycles. The van der Waals surface area contributed by atoms with E-state index in [9.17, 15) is 0 Å². The first-order chi connectivity index (χ1) is 69.6. The SMILES string of the molecule is Cc1ccc(-c2ccc3c(c2)c2cc(-c4ccc(C)cc4C)ccc2n3-c2cc(C(F)(F)F)c(-n3c4ccc(-c5ccc(C)cc5C)cc4c4cc(-c5cc(Cc6ccc(-c7ccc8c9ccccc9n(-c9cc(-c%10cccc(-c%11ccccc%11)n%10)c(-n%10c%11ccccc%11c%11ccc(-c%12ccc(C)cc%12C)cc%11%10)cc9C(F)(F)F)c8c7)c(C)c6)c(C)cc5C)ccc43)cc2-c2cccc(-c3ccccc3)n2)c(C)c1. The zero-order chi connectivity index (χ0) is 98.7. The lowest BCUT2D eigenvalue weighted by molar-refractivity contribution is -0.138. The summed E-state index contributed by atoms with van der Waals surface area (Å²) in [7, 11) is 0. The summed E-state index contributed by atoms with van der Waals surface area (Å²) in [5.41, 5.74) is 35.2. The number of hydrogen-bond donors (Lipinski definition) is 0. The van der Waals surface area contributed by atoms with Crippen molar-refractivity contribution in [1.82, 2.24) is 28.2 Å². The molecule has 0 aliphatic heterocycles. The minimum atomic E-state index is -4.91. The Morgan fingerprint density at radius 3 is 0.882 bits per heavy atom. The third-order valence-electron chi connectivity index (χ3n) is 29.6. The summed E-state index contributed by atoms with van der Waals surface area (Å²) in [6, 6.07) is 127. The highest BCUT2D eigenvalue weighted by atomic mass is 19.4. The van der Waals surface area contributed by atoms with Crippen molar-refractivity contribution in [2.24, 2.45) is 0 Å². The Hall–Kier alpha value is -17.0. The quantitative estimate of drug-likeness (QED) is 0.0905. The Morgan fingerprint density at radius 1 is 0.194 bits per heavy atom. The van der Waals surface area contributed by atoms with Crippen molar-refractivity contribution in [3.63, 3.8) is 0 Å². The highest BCUT2D eigenvalue weighted by Crippen LogP contribution is 2.52. The van der Waals surface area contributed by atoms with Gasteiger partial charge in [0.1, 0.15) is 0 Å². The smallest absolute Gasteiger partial charge is 0.309 e. The van der Waals surface area contributed by atoms with Gasteiger partial charge in [0.05, 0.1) is 101 Å². The summed E-state index contributed by atoms with van der Waals surface area (Å²) in [6.07, 6.45) is -9.22. The van der Waals surface area contributed by atoms with Gasteiger partial charge in [0.25, 0.3) is 0 Å². The molecule has 24 aromatic rings. The number of nitrogens with zero attached hydrogens (tertiary/aromatic N) is 6. The standard InChI is InChI=1S/C132H98F6N6/c1-76-36-47-97(81(6)58-76)90-43-54-121-107(65-90)108-66-91(98-48-37-77(2)59-82(98)7)44-55-122(108)141(121)127-74-113(131(133,134)135)129(72-111(127)117-32-22-30-115(139-117)88-24-14-12-15-25-88)142-123-56-45-92(99-49-38-78(3)60-83(99)8)67-109(123)110-68-93(46-57-124(110)142)106-69-96(80(5)62-85(106)10)64-87-40-51-101(86(11)63-87)95-42-53-105-103-29-19-21-35-120(103)144(126(105)71-95)130-73-112(118-33-23-31-116(140-118)89-26-16-13-17-27-89)128(75-114(130)132(136,137)138)143-119-34-20-18-28-102(119)104-52-41-94(70-125(104)143)100-50-39-79(4)61-84(100)9/h12-63,65-75H,64H2,1-11H3. The highest BCUT2D eigenvalue weighted by molar-refractivity contribution is 6.16. The Labute approximate surface area is 831 Å². The number of aryl methyl sites for hydroxylation is 11. The fourth-order valence-electron chi connectivity index (χ4n) is 22.8. The summed E-state index contributed by atoms with van der Waals surface area (Å²) < 4.78 is 112. The Morgan fingerprint density at radius 2 is 0.500 bits per heavy atom. The topological polar surface area (TPSA) is 45.5 Å². The lowest BCUT2D eigenvalue weighted by atomic mass is 9.90. The Kier molecular flexibility index (Phi) is 21.7. The maximum Gasteiger partial charge on any atom is 0.418 e. The van der Waals surface area contributed by atoms with E-state index < -0.39 is 23.5 Å². The molecular weight excluding hydrogens is 1780 g/mol.